The third-order valence-electron chi connectivity index (χ3n) is 4.41. The molecule has 0 amide bonds. The van der Waals surface area contributed by atoms with Gasteiger partial charge in [-0.2, -0.15) is 0 Å². The number of rotatable bonds is 6. The Kier molecular flexibility index (Phi) is 8.37. The van der Waals surface area contributed by atoms with Gasteiger partial charge in [0.2, 0.25) is 0 Å². The fraction of sp³-hybridized carbons (Fsp3) is 0.300. The topological polar surface area (TPSA) is 65.1 Å². The lowest BCUT2D eigenvalue weighted by Crippen LogP contribution is -2.39. The third-order valence-corrected chi connectivity index (χ3v) is 4.64. The number of pyridine rings is 1. The molecule has 2 heterocycles. The van der Waals surface area contributed by atoms with Crippen LogP contribution in [-0.2, 0) is 12.8 Å². The van der Waals surface area contributed by atoms with E-state index in [-0.39, 0.29) is 24.0 Å². The first kappa shape index (κ1) is 21.5. The van der Waals surface area contributed by atoms with Crippen LogP contribution < -0.4 is 10.6 Å². The Morgan fingerprint density at radius 1 is 1.11 bits per heavy atom. The first-order valence-electron chi connectivity index (χ1n) is 8.78. The fourth-order valence-corrected chi connectivity index (χ4v) is 3.17. The fourth-order valence-electron chi connectivity index (χ4n) is 3.06. The van der Waals surface area contributed by atoms with Crippen LogP contribution >= 0.6 is 35.6 Å². The van der Waals surface area contributed by atoms with Crippen LogP contribution in [-0.4, -0.2) is 36.1 Å². The summed E-state index contributed by atoms with van der Waals surface area (Å²) in [6, 6.07) is 12.2. The molecule has 3 aromatic rings. The minimum Gasteiger partial charge on any atom is -0.358 e. The van der Waals surface area contributed by atoms with E-state index in [2.05, 4.69) is 56.8 Å². The first-order chi connectivity index (χ1) is 12.7. The van der Waals surface area contributed by atoms with Gasteiger partial charge in [0.25, 0.3) is 0 Å². The second-order valence-electron chi connectivity index (χ2n) is 6.19. The highest BCUT2D eigenvalue weighted by atomic mass is 127. The van der Waals surface area contributed by atoms with Gasteiger partial charge < -0.3 is 15.6 Å². The van der Waals surface area contributed by atoms with Crippen molar-refractivity contribution in [3.8, 4) is 0 Å². The van der Waals surface area contributed by atoms with Gasteiger partial charge >= 0.3 is 0 Å². The summed E-state index contributed by atoms with van der Waals surface area (Å²) in [5.74, 6) is 0.810. The number of hydrogen-bond donors (Lipinski definition) is 3. The highest BCUT2D eigenvalue weighted by Crippen LogP contribution is 2.21. The number of halogens is 2. The molecule has 1 aromatic carbocycles. The van der Waals surface area contributed by atoms with Gasteiger partial charge in [-0.1, -0.05) is 35.9 Å². The zero-order valence-electron chi connectivity index (χ0n) is 15.6. The van der Waals surface area contributed by atoms with E-state index < -0.39 is 0 Å². The van der Waals surface area contributed by atoms with Crippen LogP contribution in [0.5, 0.6) is 0 Å². The van der Waals surface area contributed by atoms with Crippen LogP contribution in [0, 0.1) is 6.92 Å². The van der Waals surface area contributed by atoms with Crippen molar-refractivity contribution in [2.45, 2.75) is 19.8 Å². The van der Waals surface area contributed by atoms with Crippen molar-refractivity contribution in [3.05, 3.63) is 64.6 Å². The first-order valence-corrected chi connectivity index (χ1v) is 9.16. The molecule has 2 aromatic heterocycles. The van der Waals surface area contributed by atoms with Gasteiger partial charge in [-0.15, -0.1) is 24.0 Å². The number of aryl methyl sites for hydroxylation is 1. The van der Waals surface area contributed by atoms with Gasteiger partial charge in [0.15, 0.2) is 5.96 Å². The maximum atomic E-state index is 5.81. The standard InChI is InChI=1S/C20H24ClN5.HI/c1-14-16(17-5-3-4-6-18(17)26-14)10-12-24-20(22-2)23-11-9-15-7-8-19(21)25-13-15;/h3-8,13,26H,9-12H2,1-2H3,(H2,22,23,24);1H. The molecule has 3 rings (SSSR count). The number of aliphatic imine (C=N–C) groups is 1. The van der Waals surface area contributed by atoms with E-state index in [1.165, 1.54) is 22.2 Å². The van der Waals surface area contributed by atoms with E-state index in [0.29, 0.717) is 5.15 Å². The molecule has 0 aliphatic carbocycles. The summed E-state index contributed by atoms with van der Waals surface area (Å²) < 4.78 is 0. The molecule has 5 nitrogen and oxygen atoms in total. The number of aromatic nitrogens is 2. The summed E-state index contributed by atoms with van der Waals surface area (Å²) in [5.41, 5.74) is 4.92. The van der Waals surface area contributed by atoms with E-state index in [9.17, 15) is 0 Å². The molecular weight excluding hydrogens is 473 g/mol. The summed E-state index contributed by atoms with van der Waals surface area (Å²) in [5, 5.41) is 8.53. The average Bonchev–Trinajstić information content (AvgIpc) is 2.97. The minimum absolute atomic E-state index is 0. The second-order valence-corrected chi connectivity index (χ2v) is 6.58. The zero-order valence-corrected chi connectivity index (χ0v) is 18.6. The Morgan fingerprint density at radius 2 is 1.85 bits per heavy atom. The zero-order chi connectivity index (χ0) is 18.4. The summed E-state index contributed by atoms with van der Waals surface area (Å²) in [6.07, 6.45) is 3.62. The van der Waals surface area contributed by atoms with Crippen LogP contribution in [0.4, 0.5) is 0 Å². The summed E-state index contributed by atoms with van der Waals surface area (Å²) in [4.78, 5) is 11.8. The monoisotopic (exact) mass is 497 g/mol. The maximum absolute atomic E-state index is 5.81. The van der Waals surface area contributed by atoms with Gasteiger partial charge in [-0.25, -0.2) is 4.98 Å². The third kappa shape index (κ3) is 5.84. The van der Waals surface area contributed by atoms with Gasteiger partial charge in [0.1, 0.15) is 5.15 Å². The lowest BCUT2D eigenvalue weighted by atomic mass is 10.1. The molecule has 144 valence electrons. The maximum Gasteiger partial charge on any atom is 0.190 e. The van der Waals surface area contributed by atoms with Gasteiger partial charge in [0, 0.05) is 42.9 Å². The number of para-hydroxylation sites is 1. The summed E-state index contributed by atoms with van der Waals surface area (Å²) >= 11 is 5.81. The van der Waals surface area contributed by atoms with E-state index in [1.807, 2.05) is 12.1 Å². The number of guanidine groups is 1. The second kappa shape index (κ2) is 10.5. The van der Waals surface area contributed by atoms with Crippen LogP contribution in [0.3, 0.4) is 0 Å². The summed E-state index contributed by atoms with van der Waals surface area (Å²) in [6.45, 7) is 3.74. The smallest absolute Gasteiger partial charge is 0.190 e. The van der Waals surface area contributed by atoms with Crippen molar-refractivity contribution in [2.24, 2.45) is 4.99 Å². The Hall–Kier alpha value is -1.80. The summed E-state index contributed by atoms with van der Waals surface area (Å²) in [7, 11) is 1.79. The molecule has 27 heavy (non-hydrogen) atoms. The Bertz CT molecular complexity index is 889. The number of nitrogens with one attached hydrogen (secondary N) is 3. The molecule has 0 spiro atoms. The predicted molar refractivity (Wildman–Crippen MR) is 124 cm³/mol. The van der Waals surface area contributed by atoms with Gasteiger partial charge in [0.05, 0.1) is 0 Å². The molecule has 0 aliphatic heterocycles. The van der Waals surface area contributed by atoms with E-state index >= 15 is 0 Å². The molecule has 0 fully saturated rings. The lowest BCUT2D eigenvalue weighted by Gasteiger charge is -2.12. The van der Waals surface area contributed by atoms with Gasteiger partial charge in [-0.3, -0.25) is 4.99 Å². The van der Waals surface area contributed by atoms with Gasteiger partial charge in [-0.05, 0) is 43.0 Å². The number of fused-ring (bicyclic) bond motifs is 1. The number of aromatic amines is 1. The predicted octanol–water partition coefficient (Wildman–Crippen LogP) is 4.09. The van der Waals surface area contributed by atoms with Crippen LogP contribution in [0.2, 0.25) is 5.15 Å². The molecule has 0 atom stereocenters. The quantitative estimate of drug-likeness (QED) is 0.208. The largest absolute Gasteiger partial charge is 0.358 e. The highest BCUT2D eigenvalue weighted by molar-refractivity contribution is 14.0. The molecule has 0 bridgehead atoms. The van der Waals surface area contributed by atoms with Crippen molar-refractivity contribution >= 4 is 52.4 Å². The molecule has 0 saturated heterocycles. The molecule has 3 N–H and O–H groups in total. The van der Waals surface area contributed by atoms with Crippen molar-refractivity contribution in [2.75, 3.05) is 20.1 Å². The molecule has 0 unspecified atom stereocenters. The van der Waals surface area contributed by atoms with Crippen molar-refractivity contribution < 1.29 is 0 Å². The number of nitrogens with zero attached hydrogens (tertiary/aromatic N) is 2. The van der Waals surface area contributed by atoms with Crippen molar-refractivity contribution in [1.82, 2.24) is 20.6 Å². The number of H-pyrrole nitrogens is 1. The SMILES string of the molecule is CN=C(NCCc1ccc(Cl)nc1)NCCc1c(C)[nH]c2ccccc12.I. The van der Waals surface area contributed by atoms with E-state index in [1.54, 1.807) is 13.2 Å². The average molecular weight is 498 g/mol. The Labute approximate surface area is 182 Å². The Morgan fingerprint density at radius 3 is 2.56 bits per heavy atom. The van der Waals surface area contributed by atoms with Crippen LogP contribution in [0.25, 0.3) is 10.9 Å². The van der Waals surface area contributed by atoms with Crippen LogP contribution in [0.15, 0.2) is 47.6 Å². The lowest BCUT2D eigenvalue weighted by molar-refractivity contribution is 0.783. The van der Waals surface area contributed by atoms with Crippen molar-refractivity contribution in [3.63, 3.8) is 0 Å². The number of hydrogen-bond acceptors (Lipinski definition) is 2. The normalized spacial score (nSPS) is 11.3. The highest BCUT2D eigenvalue weighted by Gasteiger charge is 2.07. The molecular formula is C20H25ClIN5. The number of benzene rings is 1. The Balaban J connectivity index is 0.00000261. The van der Waals surface area contributed by atoms with Crippen molar-refractivity contribution in [1.29, 1.82) is 0 Å². The minimum atomic E-state index is 0. The molecule has 7 heteroatoms. The van der Waals surface area contributed by atoms with E-state index in [0.717, 1.165) is 37.5 Å². The van der Waals surface area contributed by atoms with Crippen LogP contribution in [0.1, 0.15) is 16.8 Å². The molecule has 0 radical (unpaired) electrons. The molecule has 0 saturated carbocycles. The van der Waals surface area contributed by atoms with E-state index in [4.69, 9.17) is 11.6 Å². The molecule has 0 aliphatic rings.